The summed E-state index contributed by atoms with van der Waals surface area (Å²) < 4.78 is 16.4. The Labute approximate surface area is 142 Å². The molecule has 0 aliphatic carbocycles. The van der Waals surface area contributed by atoms with E-state index in [4.69, 9.17) is 14.2 Å². The zero-order chi connectivity index (χ0) is 16.7. The summed E-state index contributed by atoms with van der Waals surface area (Å²) in [6.07, 6.45) is 2.06. The fourth-order valence-corrected chi connectivity index (χ4v) is 4.01. The summed E-state index contributed by atoms with van der Waals surface area (Å²) in [6, 6.07) is 11.2. The molecule has 2 heterocycles. The molecule has 126 valence electrons. The Balaban J connectivity index is 1.75. The number of ether oxygens (including phenoxy) is 3. The van der Waals surface area contributed by atoms with Crippen molar-refractivity contribution in [2.24, 2.45) is 0 Å². The van der Waals surface area contributed by atoms with Gasteiger partial charge in [-0.2, -0.15) is 0 Å². The first-order valence-corrected chi connectivity index (χ1v) is 8.38. The summed E-state index contributed by atoms with van der Waals surface area (Å²) >= 11 is 0. The maximum Gasteiger partial charge on any atom is 0.161 e. The van der Waals surface area contributed by atoms with Crippen molar-refractivity contribution in [1.82, 2.24) is 4.90 Å². The van der Waals surface area contributed by atoms with Gasteiger partial charge in [-0.25, -0.2) is 0 Å². The minimum Gasteiger partial charge on any atom is -0.497 e. The van der Waals surface area contributed by atoms with E-state index in [1.54, 1.807) is 21.3 Å². The van der Waals surface area contributed by atoms with E-state index in [1.807, 2.05) is 0 Å². The minimum absolute atomic E-state index is 0.396. The zero-order valence-electron chi connectivity index (χ0n) is 14.5. The van der Waals surface area contributed by atoms with Crippen LogP contribution < -0.4 is 14.2 Å². The van der Waals surface area contributed by atoms with Crippen LogP contribution in [0.4, 0.5) is 0 Å². The Morgan fingerprint density at radius 1 is 0.875 bits per heavy atom. The van der Waals surface area contributed by atoms with Gasteiger partial charge in [0.2, 0.25) is 0 Å². The van der Waals surface area contributed by atoms with Crippen LogP contribution >= 0.6 is 0 Å². The molecule has 4 nitrogen and oxygen atoms in total. The van der Waals surface area contributed by atoms with Crippen molar-refractivity contribution < 1.29 is 14.2 Å². The van der Waals surface area contributed by atoms with E-state index < -0.39 is 0 Å². The molecule has 2 aliphatic heterocycles. The van der Waals surface area contributed by atoms with E-state index in [0.717, 1.165) is 43.2 Å². The number of rotatable bonds is 3. The van der Waals surface area contributed by atoms with E-state index in [0.29, 0.717) is 6.04 Å². The molecule has 4 heteroatoms. The van der Waals surface area contributed by atoms with Crippen LogP contribution in [0.2, 0.25) is 0 Å². The fourth-order valence-electron chi connectivity index (χ4n) is 4.01. The summed E-state index contributed by atoms with van der Waals surface area (Å²) in [7, 11) is 5.12. The fraction of sp³-hybridized carbons (Fsp3) is 0.400. The first-order chi connectivity index (χ1) is 11.7. The number of hydrogen-bond donors (Lipinski definition) is 0. The second kappa shape index (κ2) is 6.02. The maximum atomic E-state index is 5.52. The molecule has 2 aromatic carbocycles. The molecule has 1 atom stereocenters. The molecule has 24 heavy (non-hydrogen) atoms. The second-order valence-corrected chi connectivity index (χ2v) is 6.48. The average Bonchev–Trinajstić information content (AvgIpc) is 2.64. The zero-order valence-corrected chi connectivity index (χ0v) is 14.5. The van der Waals surface area contributed by atoms with Crippen LogP contribution in [-0.2, 0) is 19.4 Å². The van der Waals surface area contributed by atoms with E-state index in [1.165, 1.54) is 22.3 Å². The Bertz CT molecular complexity index is 772. The molecule has 0 saturated carbocycles. The Hall–Kier alpha value is -2.20. The second-order valence-electron chi connectivity index (χ2n) is 6.48. The number of hydrogen-bond acceptors (Lipinski definition) is 4. The number of fused-ring (bicyclic) bond motifs is 4. The molecule has 0 aromatic heterocycles. The number of benzene rings is 2. The largest absolute Gasteiger partial charge is 0.497 e. The normalized spacial score (nSPS) is 19.0. The highest BCUT2D eigenvalue weighted by Crippen LogP contribution is 2.42. The van der Waals surface area contributed by atoms with Crippen molar-refractivity contribution >= 4 is 0 Å². The molecule has 0 N–H and O–H groups in total. The Morgan fingerprint density at radius 3 is 2.42 bits per heavy atom. The van der Waals surface area contributed by atoms with Crippen LogP contribution in [0, 0.1) is 0 Å². The summed E-state index contributed by atoms with van der Waals surface area (Å²) in [5.74, 6) is 2.57. The topological polar surface area (TPSA) is 30.9 Å². The molecule has 0 radical (unpaired) electrons. The van der Waals surface area contributed by atoms with Gasteiger partial charge in [0.15, 0.2) is 11.5 Å². The summed E-state index contributed by atoms with van der Waals surface area (Å²) in [5.41, 5.74) is 5.54. The highest BCUT2D eigenvalue weighted by atomic mass is 16.5. The van der Waals surface area contributed by atoms with Gasteiger partial charge in [-0.15, -0.1) is 0 Å². The molecule has 2 aromatic rings. The van der Waals surface area contributed by atoms with Gasteiger partial charge in [0.25, 0.3) is 0 Å². The first kappa shape index (κ1) is 15.3. The lowest BCUT2D eigenvalue weighted by Crippen LogP contribution is -2.39. The van der Waals surface area contributed by atoms with Crippen LogP contribution in [0.3, 0.4) is 0 Å². The first-order valence-electron chi connectivity index (χ1n) is 8.38. The maximum absolute atomic E-state index is 5.52. The van der Waals surface area contributed by atoms with Crippen molar-refractivity contribution in [2.45, 2.75) is 25.4 Å². The van der Waals surface area contributed by atoms with Crippen molar-refractivity contribution in [3.05, 3.63) is 52.6 Å². The third-order valence-electron chi connectivity index (χ3n) is 5.31. The van der Waals surface area contributed by atoms with Crippen LogP contribution in [0.1, 0.15) is 28.3 Å². The van der Waals surface area contributed by atoms with Crippen LogP contribution in [-0.4, -0.2) is 32.8 Å². The lowest BCUT2D eigenvalue weighted by molar-refractivity contribution is 0.160. The molecule has 0 fully saturated rings. The van der Waals surface area contributed by atoms with Gasteiger partial charge in [-0.3, -0.25) is 4.90 Å². The highest BCUT2D eigenvalue weighted by Gasteiger charge is 2.33. The van der Waals surface area contributed by atoms with Crippen molar-refractivity contribution in [1.29, 1.82) is 0 Å². The number of nitrogens with zero attached hydrogens (tertiary/aromatic N) is 1. The van der Waals surface area contributed by atoms with Crippen molar-refractivity contribution in [3.63, 3.8) is 0 Å². The van der Waals surface area contributed by atoms with Gasteiger partial charge >= 0.3 is 0 Å². The van der Waals surface area contributed by atoms with E-state index in [2.05, 4.69) is 35.2 Å². The summed E-state index contributed by atoms with van der Waals surface area (Å²) in [6.45, 7) is 2.08. The highest BCUT2D eigenvalue weighted by molar-refractivity contribution is 5.51. The molecule has 0 unspecified atom stereocenters. The smallest absolute Gasteiger partial charge is 0.161 e. The molecular weight excluding hydrogens is 302 g/mol. The van der Waals surface area contributed by atoms with Crippen LogP contribution in [0.5, 0.6) is 17.2 Å². The molecular formula is C20H23NO3. The summed E-state index contributed by atoms with van der Waals surface area (Å²) in [4.78, 5) is 2.57. The molecule has 0 spiro atoms. The lowest BCUT2D eigenvalue weighted by Gasteiger charge is -2.41. The van der Waals surface area contributed by atoms with Gasteiger partial charge in [-0.05, 0) is 59.4 Å². The van der Waals surface area contributed by atoms with Crippen LogP contribution in [0.25, 0.3) is 0 Å². The van der Waals surface area contributed by atoms with Crippen molar-refractivity contribution in [2.75, 3.05) is 27.9 Å². The van der Waals surface area contributed by atoms with Gasteiger partial charge in [0, 0.05) is 19.1 Å². The third-order valence-corrected chi connectivity index (χ3v) is 5.31. The Morgan fingerprint density at radius 2 is 1.67 bits per heavy atom. The monoisotopic (exact) mass is 325 g/mol. The van der Waals surface area contributed by atoms with Crippen LogP contribution in [0.15, 0.2) is 30.3 Å². The Kier molecular flexibility index (Phi) is 3.85. The van der Waals surface area contributed by atoms with E-state index in [9.17, 15) is 0 Å². The number of methoxy groups -OCH3 is 3. The molecule has 0 saturated heterocycles. The van der Waals surface area contributed by atoms with Gasteiger partial charge < -0.3 is 14.2 Å². The third kappa shape index (κ3) is 2.42. The lowest BCUT2D eigenvalue weighted by atomic mass is 9.84. The standard InChI is InChI=1S/C20H23NO3/c1-22-16-5-4-14-12-21-7-6-13-10-19(23-2)20(24-3)11-17(13)18(21)9-15(14)8-16/h4-5,8,10-11,18H,6-7,9,12H2,1-3H3/t18-/m0/s1. The molecule has 0 amide bonds. The SMILES string of the molecule is COc1ccc2c(c1)C[C@H]1c3cc(OC)c(OC)cc3CCN1C2. The van der Waals surface area contributed by atoms with Gasteiger partial charge in [0.1, 0.15) is 5.75 Å². The minimum atomic E-state index is 0.396. The molecule has 2 aliphatic rings. The van der Waals surface area contributed by atoms with Gasteiger partial charge in [0.05, 0.1) is 21.3 Å². The predicted octanol–water partition coefficient (Wildman–Crippen LogP) is 3.37. The average molecular weight is 325 g/mol. The summed E-state index contributed by atoms with van der Waals surface area (Å²) in [5, 5.41) is 0. The molecule has 0 bridgehead atoms. The predicted molar refractivity (Wildman–Crippen MR) is 93.1 cm³/mol. The van der Waals surface area contributed by atoms with Gasteiger partial charge in [-0.1, -0.05) is 6.07 Å². The van der Waals surface area contributed by atoms with E-state index >= 15 is 0 Å². The van der Waals surface area contributed by atoms with E-state index in [-0.39, 0.29) is 0 Å². The quantitative estimate of drug-likeness (QED) is 0.866. The molecule has 4 rings (SSSR count). The van der Waals surface area contributed by atoms with Crippen molar-refractivity contribution in [3.8, 4) is 17.2 Å².